The van der Waals surface area contributed by atoms with E-state index in [0.29, 0.717) is 31.7 Å². The molecule has 2 aromatic heterocycles. The minimum absolute atomic E-state index is 0.490. The number of halogens is 4. The molecule has 116 valence electrons. The Morgan fingerprint density at radius 3 is 2.82 bits per heavy atom. The van der Waals surface area contributed by atoms with Gasteiger partial charge in [0.05, 0.1) is 5.69 Å². The maximum absolute atomic E-state index is 12.6. The van der Waals surface area contributed by atoms with Crippen LogP contribution in [0.25, 0.3) is 0 Å². The summed E-state index contributed by atoms with van der Waals surface area (Å²) in [6.07, 6.45) is 0.735. The molecule has 0 radical (unpaired) electrons. The van der Waals surface area contributed by atoms with E-state index in [-0.39, 0.29) is 0 Å². The van der Waals surface area contributed by atoms with Gasteiger partial charge in [-0.15, -0.1) is 0 Å². The molecule has 0 bridgehead atoms. The number of alkyl halides is 3. The Morgan fingerprint density at radius 1 is 1.27 bits per heavy atom. The van der Waals surface area contributed by atoms with Crippen LogP contribution >= 0.6 is 15.9 Å². The quantitative estimate of drug-likeness (QED) is 0.811. The van der Waals surface area contributed by atoms with Crippen LogP contribution in [0.15, 0.2) is 29.1 Å². The number of hydrogen-bond acceptors (Lipinski definition) is 4. The molecule has 0 saturated heterocycles. The van der Waals surface area contributed by atoms with Crippen LogP contribution in [0, 0.1) is 0 Å². The first-order chi connectivity index (χ1) is 10.4. The summed E-state index contributed by atoms with van der Waals surface area (Å²) in [5.41, 5.74) is 2.34. The van der Waals surface area contributed by atoms with Crippen molar-refractivity contribution in [2.45, 2.75) is 25.7 Å². The topological polar surface area (TPSA) is 41.9 Å². The highest BCUT2D eigenvalue weighted by atomic mass is 79.9. The molecule has 0 saturated carbocycles. The van der Waals surface area contributed by atoms with Gasteiger partial charge in [-0.2, -0.15) is 13.2 Å². The van der Waals surface area contributed by atoms with Gasteiger partial charge in [-0.25, -0.2) is 9.97 Å². The van der Waals surface area contributed by atoms with E-state index >= 15 is 0 Å². The van der Waals surface area contributed by atoms with Gasteiger partial charge in [0.2, 0.25) is 5.82 Å². The lowest BCUT2D eigenvalue weighted by molar-refractivity contribution is -0.145. The van der Waals surface area contributed by atoms with E-state index in [9.17, 15) is 13.2 Å². The van der Waals surface area contributed by atoms with E-state index < -0.39 is 12.0 Å². The maximum atomic E-state index is 12.6. The number of hydrogen-bond donors (Lipinski definition) is 0. The largest absolute Gasteiger partial charge is 0.451 e. The molecule has 3 rings (SSSR count). The van der Waals surface area contributed by atoms with E-state index in [4.69, 9.17) is 0 Å². The van der Waals surface area contributed by atoms with E-state index in [0.717, 1.165) is 15.6 Å². The third kappa shape index (κ3) is 3.27. The van der Waals surface area contributed by atoms with Crippen LogP contribution in [-0.4, -0.2) is 26.4 Å². The van der Waals surface area contributed by atoms with Crippen LogP contribution in [-0.2, 0) is 25.7 Å². The molecule has 0 N–H and O–H groups in total. The maximum Gasteiger partial charge on any atom is 0.451 e. The van der Waals surface area contributed by atoms with Gasteiger partial charge in [-0.1, -0.05) is 0 Å². The van der Waals surface area contributed by atoms with Crippen LogP contribution in [0.3, 0.4) is 0 Å². The predicted octanol–water partition coefficient (Wildman–Crippen LogP) is 3.21. The summed E-state index contributed by atoms with van der Waals surface area (Å²) < 4.78 is 38.8. The molecule has 0 aliphatic carbocycles. The first-order valence-corrected chi connectivity index (χ1v) is 7.45. The Balaban J connectivity index is 1.76. The molecule has 2 aromatic rings. The molecule has 0 amide bonds. The van der Waals surface area contributed by atoms with Crippen molar-refractivity contribution in [1.82, 2.24) is 19.9 Å². The predicted molar refractivity (Wildman–Crippen MR) is 76.8 cm³/mol. The van der Waals surface area contributed by atoms with Crippen LogP contribution in [0.2, 0.25) is 0 Å². The molecule has 0 spiro atoms. The second kappa shape index (κ2) is 5.92. The van der Waals surface area contributed by atoms with Crippen molar-refractivity contribution in [1.29, 1.82) is 0 Å². The van der Waals surface area contributed by atoms with Crippen molar-refractivity contribution in [3.05, 3.63) is 51.8 Å². The van der Waals surface area contributed by atoms with Gasteiger partial charge in [-0.3, -0.25) is 9.88 Å². The summed E-state index contributed by atoms with van der Waals surface area (Å²) in [5, 5.41) is 0. The first kappa shape index (κ1) is 15.4. The molecule has 8 heteroatoms. The molecule has 0 unspecified atom stereocenters. The Bertz CT molecular complexity index is 690. The molecule has 0 atom stereocenters. The SMILES string of the molecule is FC(F)(F)c1ncc2c(n1)CCN(Cc1ccncc1Br)C2. The number of fused-ring (bicyclic) bond motifs is 1. The summed E-state index contributed by atoms with van der Waals surface area (Å²) >= 11 is 3.45. The number of pyridine rings is 1. The minimum Gasteiger partial charge on any atom is -0.294 e. The van der Waals surface area contributed by atoms with Crippen LogP contribution in [0.5, 0.6) is 0 Å². The fraction of sp³-hybridized carbons (Fsp3) is 0.357. The lowest BCUT2D eigenvalue weighted by atomic mass is 10.1. The van der Waals surface area contributed by atoms with Gasteiger partial charge in [0, 0.05) is 54.7 Å². The van der Waals surface area contributed by atoms with Gasteiger partial charge in [-0.05, 0) is 27.6 Å². The van der Waals surface area contributed by atoms with Crippen molar-refractivity contribution >= 4 is 15.9 Å². The lowest BCUT2D eigenvalue weighted by Crippen LogP contribution is -2.31. The third-order valence-corrected chi connectivity index (χ3v) is 4.23. The number of aromatic nitrogens is 3. The standard InChI is InChI=1S/C14H12BrF3N4/c15-11-6-19-3-1-9(11)7-22-4-2-12-10(8-22)5-20-13(21-12)14(16,17)18/h1,3,5-6H,2,4,7-8H2. The van der Waals surface area contributed by atoms with E-state index in [1.807, 2.05) is 6.07 Å². The Morgan fingerprint density at radius 2 is 2.09 bits per heavy atom. The van der Waals surface area contributed by atoms with Crippen molar-refractivity contribution in [2.75, 3.05) is 6.54 Å². The zero-order chi connectivity index (χ0) is 15.7. The molecule has 4 nitrogen and oxygen atoms in total. The summed E-state index contributed by atoms with van der Waals surface area (Å²) in [6.45, 7) is 1.90. The Labute approximate surface area is 133 Å². The van der Waals surface area contributed by atoms with E-state index in [1.165, 1.54) is 6.20 Å². The molecule has 22 heavy (non-hydrogen) atoms. The van der Waals surface area contributed by atoms with Crippen LogP contribution < -0.4 is 0 Å². The second-order valence-corrected chi connectivity index (χ2v) is 5.95. The second-order valence-electron chi connectivity index (χ2n) is 5.09. The van der Waals surface area contributed by atoms with Crippen molar-refractivity contribution < 1.29 is 13.2 Å². The number of nitrogens with zero attached hydrogens (tertiary/aromatic N) is 4. The van der Waals surface area contributed by atoms with Gasteiger partial charge in [0.1, 0.15) is 0 Å². The van der Waals surface area contributed by atoms with Gasteiger partial charge < -0.3 is 0 Å². The van der Waals surface area contributed by atoms with E-state index in [1.54, 1.807) is 12.4 Å². The van der Waals surface area contributed by atoms with Gasteiger partial charge in [0.25, 0.3) is 0 Å². The fourth-order valence-corrected chi connectivity index (χ4v) is 2.80. The average molecular weight is 373 g/mol. The molecule has 0 fully saturated rings. The molecule has 1 aliphatic rings. The zero-order valence-corrected chi connectivity index (χ0v) is 13.0. The average Bonchev–Trinajstić information content (AvgIpc) is 2.48. The molecular weight excluding hydrogens is 361 g/mol. The zero-order valence-electron chi connectivity index (χ0n) is 11.4. The lowest BCUT2D eigenvalue weighted by Gasteiger charge is -2.28. The fourth-order valence-electron chi connectivity index (χ4n) is 2.42. The Hall–Kier alpha value is -1.54. The summed E-state index contributed by atoms with van der Waals surface area (Å²) in [6, 6.07) is 1.92. The number of rotatable bonds is 2. The minimum atomic E-state index is -4.49. The highest BCUT2D eigenvalue weighted by molar-refractivity contribution is 9.10. The summed E-state index contributed by atoms with van der Waals surface area (Å²) in [4.78, 5) is 13.3. The van der Waals surface area contributed by atoms with Crippen LogP contribution in [0.4, 0.5) is 13.2 Å². The smallest absolute Gasteiger partial charge is 0.294 e. The summed E-state index contributed by atoms with van der Waals surface area (Å²) in [7, 11) is 0. The van der Waals surface area contributed by atoms with Crippen LogP contribution in [0.1, 0.15) is 22.6 Å². The summed E-state index contributed by atoms with van der Waals surface area (Å²) in [5.74, 6) is -1.06. The Kier molecular flexibility index (Phi) is 4.14. The highest BCUT2D eigenvalue weighted by Gasteiger charge is 2.35. The monoisotopic (exact) mass is 372 g/mol. The molecule has 0 aromatic carbocycles. The van der Waals surface area contributed by atoms with Gasteiger partial charge >= 0.3 is 6.18 Å². The molecule has 1 aliphatic heterocycles. The normalized spacial score (nSPS) is 15.6. The van der Waals surface area contributed by atoms with Crippen molar-refractivity contribution in [3.63, 3.8) is 0 Å². The van der Waals surface area contributed by atoms with Crippen molar-refractivity contribution in [2.24, 2.45) is 0 Å². The van der Waals surface area contributed by atoms with Gasteiger partial charge in [0.15, 0.2) is 0 Å². The highest BCUT2D eigenvalue weighted by Crippen LogP contribution is 2.28. The molecular formula is C14H12BrF3N4. The third-order valence-electron chi connectivity index (χ3n) is 3.52. The molecule has 3 heterocycles. The van der Waals surface area contributed by atoms with E-state index in [2.05, 4.69) is 35.8 Å². The first-order valence-electron chi connectivity index (χ1n) is 6.66. The van der Waals surface area contributed by atoms with Crippen molar-refractivity contribution in [3.8, 4) is 0 Å².